The molecular formula is C11H22O. The molecule has 0 saturated heterocycles. The van der Waals surface area contributed by atoms with Crippen LogP contribution in [-0.2, 0) is 0 Å². The van der Waals surface area contributed by atoms with Crippen LogP contribution in [0.3, 0.4) is 0 Å². The van der Waals surface area contributed by atoms with Crippen molar-refractivity contribution in [2.45, 2.75) is 52.6 Å². The molecule has 0 saturated carbocycles. The lowest BCUT2D eigenvalue weighted by Crippen LogP contribution is -2.07. The Morgan fingerprint density at radius 1 is 1.25 bits per heavy atom. The third-order valence-corrected chi connectivity index (χ3v) is 1.98. The summed E-state index contributed by atoms with van der Waals surface area (Å²) in [5.74, 6) is 0.699. The molecule has 1 unspecified atom stereocenters. The van der Waals surface area contributed by atoms with Gasteiger partial charge in [-0.3, -0.25) is 0 Å². The summed E-state index contributed by atoms with van der Waals surface area (Å²) in [7, 11) is 0. The van der Waals surface area contributed by atoms with Crippen molar-refractivity contribution in [1.29, 1.82) is 0 Å². The van der Waals surface area contributed by atoms with Gasteiger partial charge in [-0.05, 0) is 38.5 Å². The van der Waals surface area contributed by atoms with E-state index in [0.29, 0.717) is 5.92 Å². The predicted octanol–water partition coefficient (Wildman–Crippen LogP) is 3.14. The first-order chi connectivity index (χ1) is 5.52. The highest BCUT2D eigenvalue weighted by Gasteiger charge is 2.04. The standard InChI is InChI=1S/C11H22O/c1-9(2)5-7-11(12)8-6-10(3)4/h10-12H,1,5-8H2,2-4H3. The second-order valence-electron chi connectivity index (χ2n) is 4.12. The van der Waals surface area contributed by atoms with Crippen molar-refractivity contribution >= 4 is 0 Å². The van der Waals surface area contributed by atoms with Crippen molar-refractivity contribution in [3.8, 4) is 0 Å². The molecule has 0 aromatic carbocycles. The zero-order valence-corrected chi connectivity index (χ0v) is 8.64. The van der Waals surface area contributed by atoms with E-state index < -0.39 is 0 Å². The van der Waals surface area contributed by atoms with Crippen LogP contribution in [0.15, 0.2) is 12.2 Å². The summed E-state index contributed by atoms with van der Waals surface area (Å²) < 4.78 is 0. The van der Waals surface area contributed by atoms with Crippen molar-refractivity contribution in [3.63, 3.8) is 0 Å². The molecule has 0 aliphatic carbocycles. The fourth-order valence-corrected chi connectivity index (χ4v) is 1.08. The molecule has 0 fully saturated rings. The molecule has 0 aromatic rings. The van der Waals surface area contributed by atoms with Gasteiger partial charge in [0.25, 0.3) is 0 Å². The highest BCUT2D eigenvalue weighted by molar-refractivity contribution is 4.88. The van der Waals surface area contributed by atoms with Crippen molar-refractivity contribution in [3.05, 3.63) is 12.2 Å². The zero-order valence-electron chi connectivity index (χ0n) is 8.64. The third kappa shape index (κ3) is 7.80. The van der Waals surface area contributed by atoms with E-state index in [1.54, 1.807) is 0 Å². The molecule has 12 heavy (non-hydrogen) atoms. The van der Waals surface area contributed by atoms with Gasteiger partial charge in [-0.1, -0.05) is 19.4 Å². The molecule has 0 bridgehead atoms. The molecule has 0 amide bonds. The lowest BCUT2D eigenvalue weighted by Gasteiger charge is -2.11. The Labute approximate surface area is 76.5 Å². The Bertz CT molecular complexity index is 127. The van der Waals surface area contributed by atoms with Gasteiger partial charge in [0.1, 0.15) is 0 Å². The maximum Gasteiger partial charge on any atom is 0.0543 e. The molecule has 0 heterocycles. The van der Waals surface area contributed by atoms with Crippen molar-refractivity contribution in [2.75, 3.05) is 0 Å². The molecule has 1 nitrogen and oxygen atoms in total. The largest absolute Gasteiger partial charge is 0.393 e. The molecule has 0 rings (SSSR count). The summed E-state index contributed by atoms with van der Waals surface area (Å²) >= 11 is 0. The molecule has 1 N–H and O–H groups in total. The van der Waals surface area contributed by atoms with Crippen LogP contribution in [0.1, 0.15) is 46.5 Å². The van der Waals surface area contributed by atoms with E-state index in [-0.39, 0.29) is 6.10 Å². The van der Waals surface area contributed by atoms with Crippen molar-refractivity contribution < 1.29 is 5.11 Å². The Morgan fingerprint density at radius 3 is 2.25 bits per heavy atom. The Hall–Kier alpha value is -0.300. The molecular weight excluding hydrogens is 148 g/mol. The topological polar surface area (TPSA) is 20.2 Å². The van der Waals surface area contributed by atoms with E-state index in [2.05, 4.69) is 20.4 Å². The molecule has 1 heteroatoms. The number of hydrogen-bond acceptors (Lipinski definition) is 1. The zero-order chi connectivity index (χ0) is 9.56. The molecule has 0 spiro atoms. The fourth-order valence-electron chi connectivity index (χ4n) is 1.08. The molecule has 72 valence electrons. The quantitative estimate of drug-likeness (QED) is 0.607. The molecule has 0 radical (unpaired) electrons. The number of hydrogen-bond donors (Lipinski definition) is 1. The van der Waals surface area contributed by atoms with E-state index in [9.17, 15) is 5.11 Å². The summed E-state index contributed by atoms with van der Waals surface area (Å²) in [6.07, 6.45) is 3.77. The monoisotopic (exact) mass is 170 g/mol. The van der Waals surface area contributed by atoms with E-state index in [1.807, 2.05) is 6.92 Å². The minimum atomic E-state index is -0.121. The maximum atomic E-state index is 9.51. The summed E-state index contributed by atoms with van der Waals surface area (Å²) in [5, 5.41) is 9.51. The number of aliphatic hydroxyl groups is 1. The van der Waals surface area contributed by atoms with Crippen LogP contribution < -0.4 is 0 Å². The molecule has 0 aliphatic heterocycles. The summed E-state index contributed by atoms with van der Waals surface area (Å²) in [5.41, 5.74) is 1.17. The van der Waals surface area contributed by atoms with Gasteiger partial charge < -0.3 is 5.11 Å². The average Bonchev–Trinajstić information content (AvgIpc) is 1.96. The summed E-state index contributed by atoms with van der Waals surface area (Å²) in [6, 6.07) is 0. The fraction of sp³-hybridized carbons (Fsp3) is 0.818. The lowest BCUT2D eigenvalue weighted by atomic mass is 10.0. The lowest BCUT2D eigenvalue weighted by molar-refractivity contribution is 0.147. The normalized spacial score (nSPS) is 13.4. The van der Waals surface area contributed by atoms with Gasteiger partial charge in [0.2, 0.25) is 0 Å². The maximum absolute atomic E-state index is 9.51. The second kappa shape index (κ2) is 6.24. The van der Waals surface area contributed by atoms with Crippen LogP contribution in [0, 0.1) is 5.92 Å². The van der Waals surface area contributed by atoms with E-state index in [0.717, 1.165) is 25.7 Å². The van der Waals surface area contributed by atoms with Gasteiger partial charge in [-0.15, -0.1) is 6.58 Å². The first-order valence-corrected chi connectivity index (χ1v) is 4.84. The Balaban J connectivity index is 3.33. The third-order valence-electron chi connectivity index (χ3n) is 1.98. The summed E-state index contributed by atoms with van der Waals surface area (Å²) in [4.78, 5) is 0. The number of rotatable bonds is 6. The molecule has 1 atom stereocenters. The SMILES string of the molecule is C=C(C)CCC(O)CCC(C)C. The van der Waals surface area contributed by atoms with Crippen LogP contribution in [-0.4, -0.2) is 11.2 Å². The van der Waals surface area contributed by atoms with Crippen LogP contribution in [0.5, 0.6) is 0 Å². The van der Waals surface area contributed by atoms with Crippen LogP contribution >= 0.6 is 0 Å². The van der Waals surface area contributed by atoms with Crippen molar-refractivity contribution in [1.82, 2.24) is 0 Å². The highest BCUT2D eigenvalue weighted by atomic mass is 16.3. The minimum absolute atomic E-state index is 0.121. The number of aliphatic hydroxyl groups excluding tert-OH is 1. The van der Waals surface area contributed by atoms with E-state index in [1.165, 1.54) is 5.57 Å². The second-order valence-corrected chi connectivity index (χ2v) is 4.12. The van der Waals surface area contributed by atoms with Gasteiger partial charge in [0.15, 0.2) is 0 Å². The van der Waals surface area contributed by atoms with Gasteiger partial charge in [-0.25, -0.2) is 0 Å². The smallest absolute Gasteiger partial charge is 0.0543 e. The average molecular weight is 170 g/mol. The van der Waals surface area contributed by atoms with Crippen LogP contribution in [0.2, 0.25) is 0 Å². The van der Waals surface area contributed by atoms with E-state index in [4.69, 9.17) is 0 Å². The summed E-state index contributed by atoms with van der Waals surface area (Å²) in [6.45, 7) is 10.2. The van der Waals surface area contributed by atoms with Gasteiger partial charge in [0, 0.05) is 0 Å². The number of allylic oxidation sites excluding steroid dienone is 1. The van der Waals surface area contributed by atoms with Crippen LogP contribution in [0.25, 0.3) is 0 Å². The van der Waals surface area contributed by atoms with Crippen molar-refractivity contribution in [2.24, 2.45) is 5.92 Å². The molecule has 0 aliphatic rings. The van der Waals surface area contributed by atoms with Gasteiger partial charge in [-0.2, -0.15) is 0 Å². The van der Waals surface area contributed by atoms with E-state index >= 15 is 0 Å². The Kier molecular flexibility index (Phi) is 6.09. The first-order valence-electron chi connectivity index (χ1n) is 4.84. The molecule has 0 aromatic heterocycles. The van der Waals surface area contributed by atoms with Gasteiger partial charge >= 0.3 is 0 Å². The van der Waals surface area contributed by atoms with Gasteiger partial charge in [0.05, 0.1) is 6.10 Å². The van der Waals surface area contributed by atoms with Crippen LogP contribution in [0.4, 0.5) is 0 Å². The predicted molar refractivity (Wildman–Crippen MR) is 54.1 cm³/mol. The minimum Gasteiger partial charge on any atom is -0.393 e. The Morgan fingerprint density at radius 2 is 1.83 bits per heavy atom. The highest BCUT2D eigenvalue weighted by Crippen LogP contribution is 2.12. The first kappa shape index (κ1) is 11.7.